The summed E-state index contributed by atoms with van der Waals surface area (Å²) in [4.78, 5) is 42.2. The van der Waals surface area contributed by atoms with E-state index >= 15 is 0 Å². The van der Waals surface area contributed by atoms with Gasteiger partial charge in [0.25, 0.3) is 0 Å². The van der Waals surface area contributed by atoms with Gasteiger partial charge in [-0.3, -0.25) is 9.59 Å². The second-order valence-electron chi connectivity index (χ2n) is 11.5. The fourth-order valence-corrected chi connectivity index (χ4v) is 4.31. The molecule has 0 saturated heterocycles. The first kappa shape index (κ1) is 32.5. The zero-order valence-corrected chi connectivity index (χ0v) is 24.7. The van der Waals surface area contributed by atoms with Crippen LogP contribution in [0.2, 0.25) is 0 Å². The number of nitrogens with zero attached hydrogens (tertiary/aromatic N) is 1. The number of ether oxygens (including phenoxy) is 1. The molecule has 0 spiro atoms. The van der Waals surface area contributed by atoms with Crippen LogP contribution < -0.4 is 10.6 Å². The van der Waals surface area contributed by atoms with E-state index < -0.39 is 23.8 Å². The molecule has 2 atom stereocenters. The molecule has 1 rings (SSSR count). The van der Waals surface area contributed by atoms with Crippen molar-refractivity contribution in [1.29, 1.82) is 0 Å². The molecular formula is C30H51N3O4. The number of amides is 3. The molecule has 0 aliphatic rings. The molecule has 1 aromatic carbocycles. The average Bonchev–Trinajstić information content (AvgIpc) is 2.77. The molecule has 0 saturated carbocycles. The molecule has 0 bridgehead atoms. The summed E-state index contributed by atoms with van der Waals surface area (Å²) in [5, 5.41) is 5.87. The molecule has 37 heavy (non-hydrogen) atoms. The van der Waals surface area contributed by atoms with Gasteiger partial charge in [0.2, 0.25) is 11.8 Å². The van der Waals surface area contributed by atoms with Crippen molar-refractivity contribution >= 4 is 17.9 Å². The van der Waals surface area contributed by atoms with Crippen molar-refractivity contribution in [3.05, 3.63) is 34.9 Å². The fraction of sp³-hybridized carbons (Fsp3) is 0.700. The van der Waals surface area contributed by atoms with Gasteiger partial charge in [-0.1, -0.05) is 70.7 Å². The summed E-state index contributed by atoms with van der Waals surface area (Å²) in [5.74, 6) is -0.295. The summed E-state index contributed by atoms with van der Waals surface area (Å²) in [6.07, 6.45) is 4.34. The van der Waals surface area contributed by atoms with Gasteiger partial charge in [-0.2, -0.15) is 0 Å². The lowest BCUT2D eigenvalue weighted by molar-refractivity contribution is -0.143. The zero-order valence-electron chi connectivity index (χ0n) is 24.7. The third-order valence-corrected chi connectivity index (χ3v) is 6.09. The number of carbonyl (C=O) groups is 3. The van der Waals surface area contributed by atoms with Gasteiger partial charge in [-0.25, -0.2) is 4.79 Å². The van der Waals surface area contributed by atoms with E-state index in [0.29, 0.717) is 19.5 Å². The number of alkyl carbamates (subject to hydrolysis) is 1. The molecule has 210 valence electrons. The third kappa shape index (κ3) is 11.6. The Hall–Kier alpha value is -2.57. The quantitative estimate of drug-likeness (QED) is 0.287. The molecule has 7 nitrogen and oxygen atoms in total. The Labute approximate surface area is 225 Å². The smallest absolute Gasteiger partial charge is 0.408 e. The Bertz CT molecular complexity index is 876. The number of aryl methyl sites for hydroxylation is 2. The molecular weight excluding hydrogens is 466 g/mol. The third-order valence-electron chi connectivity index (χ3n) is 6.09. The summed E-state index contributed by atoms with van der Waals surface area (Å²) in [6.45, 7) is 18.6. The summed E-state index contributed by atoms with van der Waals surface area (Å²) in [7, 11) is 0. The highest BCUT2D eigenvalue weighted by molar-refractivity contribution is 5.92. The van der Waals surface area contributed by atoms with Crippen LogP contribution in [0.5, 0.6) is 0 Å². The fourth-order valence-electron chi connectivity index (χ4n) is 4.31. The van der Waals surface area contributed by atoms with Crippen molar-refractivity contribution in [2.24, 2.45) is 5.92 Å². The van der Waals surface area contributed by atoms with Gasteiger partial charge in [0.1, 0.15) is 17.7 Å². The van der Waals surface area contributed by atoms with Gasteiger partial charge in [0.15, 0.2) is 0 Å². The van der Waals surface area contributed by atoms with Crippen LogP contribution in [0.25, 0.3) is 0 Å². The van der Waals surface area contributed by atoms with Crippen LogP contribution in [0.3, 0.4) is 0 Å². The minimum atomic E-state index is -0.798. The highest BCUT2D eigenvalue weighted by atomic mass is 16.6. The first-order valence-corrected chi connectivity index (χ1v) is 14.0. The minimum Gasteiger partial charge on any atom is -0.444 e. The lowest BCUT2D eigenvalue weighted by Gasteiger charge is -2.35. The molecule has 0 radical (unpaired) electrons. The van der Waals surface area contributed by atoms with Gasteiger partial charge in [-0.15, -0.1) is 0 Å². The van der Waals surface area contributed by atoms with Crippen molar-refractivity contribution < 1.29 is 19.1 Å². The molecule has 0 aliphatic carbocycles. The van der Waals surface area contributed by atoms with Crippen molar-refractivity contribution in [2.45, 2.75) is 119 Å². The van der Waals surface area contributed by atoms with E-state index in [9.17, 15) is 14.4 Å². The van der Waals surface area contributed by atoms with E-state index in [1.165, 1.54) is 0 Å². The number of nitrogens with one attached hydrogen (secondary N) is 2. The summed E-state index contributed by atoms with van der Waals surface area (Å²) in [6, 6.07) is 4.40. The second-order valence-corrected chi connectivity index (χ2v) is 11.5. The van der Waals surface area contributed by atoms with Gasteiger partial charge in [0, 0.05) is 13.1 Å². The van der Waals surface area contributed by atoms with Gasteiger partial charge in [-0.05, 0) is 70.9 Å². The van der Waals surface area contributed by atoms with Gasteiger partial charge in [0.05, 0.1) is 0 Å². The largest absolute Gasteiger partial charge is 0.444 e. The lowest BCUT2D eigenvalue weighted by atomic mass is 9.95. The number of rotatable bonds is 14. The van der Waals surface area contributed by atoms with Crippen molar-refractivity contribution in [3.8, 4) is 0 Å². The maximum Gasteiger partial charge on any atom is 0.408 e. The normalized spacial score (nSPS) is 13.1. The molecule has 2 unspecified atom stereocenters. The highest BCUT2D eigenvalue weighted by Crippen LogP contribution is 2.28. The van der Waals surface area contributed by atoms with E-state index in [0.717, 1.165) is 48.8 Å². The van der Waals surface area contributed by atoms with Crippen LogP contribution in [-0.2, 0) is 14.3 Å². The van der Waals surface area contributed by atoms with E-state index in [1.807, 2.05) is 45.9 Å². The van der Waals surface area contributed by atoms with Crippen LogP contribution in [0, 0.1) is 19.8 Å². The molecule has 7 heteroatoms. The summed E-state index contributed by atoms with van der Waals surface area (Å²) < 4.78 is 5.47. The first-order valence-electron chi connectivity index (χ1n) is 14.0. The van der Waals surface area contributed by atoms with Crippen molar-refractivity contribution in [3.63, 3.8) is 0 Å². The maximum atomic E-state index is 14.2. The van der Waals surface area contributed by atoms with Gasteiger partial charge >= 0.3 is 6.09 Å². The maximum absolute atomic E-state index is 14.2. The van der Waals surface area contributed by atoms with Crippen LogP contribution in [0.4, 0.5) is 4.79 Å². The lowest BCUT2D eigenvalue weighted by Crippen LogP contribution is -2.53. The summed E-state index contributed by atoms with van der Waals surface area (Å²) >= 11 is 0. The molecule has 3 amide bonds. The molecule has 0 heterocycles. The monoisotopic (exact) mass is 517 g/mol. The standard InChI is InChI=1S/C30H51N3O4/c1-10-12-14-18-33(28(35)25(19-21(3)4)32-29(36)37-30(7,8)9)26(27(34)31-17-13-11-2)24-16-15-22(5)20-23(24)6/h15-16,20-21,25-26H,10-14,17-19H2,1-9H3,(H,31,34)(H,32,36). The number of unbranched alkanes of at least 4 members (excludes halogenated alkanes) is 3. The number of hydrogen-bond acceptors (Lipinski definition) is 4. The Balaban J connectivity index is 3.51. The van der Waals surface area contributed by atoms with Crippen LogP contribution in [-0.4, -0.2) is 47.5 Å². The number of carbonyl (C=O) groups excluding carboxylic acids is 3. The van der Waals surface area contributed by atoms with Crippen molar-refractivity contribution in [1.82, 2.24) is 15.5 Å². The Morgan fingerprint density at radius 1 is 1.00 bits per heavy atom. The minimum absolute atomic E-state index is 0.152. The first-order chi connectivity index (χ1) is 17.3. The SMILES string of the molecule is CCCCCN(C(=O)C(CC(C)C)NC(=O)OC(C)(C)C)C(C(=O)NCCCC)c1ccc(C)cc1C. The van der Waals surface area contributed by atoms with E-state index in [1.54, 1.807) is 25.7 Å². The predicted molar refractivity (Wildman–Crippen MR) is 150 cm³/mol. The van der Waals surface area contributed by atoms with Crippen LogP contribution >= 0.6 is 0 Å². The Kier molecular flexibility index (Phi) is 13.7. The number of benzene rings is 1. The van der Waals surface area contributed by atoms with E-state index in [-0.39, 0.29) is 17.7 Å². The molecule has 0 aliphatic heterocycles. The average molecular weight is 518 g/mol. The Morgan fingerprint density at radius 2 is 1.65 bits per heavy atom. The molecule has 0 fully saturated rings. The zero-order chi connectivity index (χ0) is 28.2. The molecule has 0 aromatic heterocycles. The van der Waals surface area contributed by atoms with Gasteiger partial charge < -0.3 is 20.3 Å². The Morgan fingerprint density at radius 3 is 2.19 bits per heavy atom. The second kappa shape index (κ2) is 15.6. The topological polar surface area (TPSA) is 87.7 Å². The van der Waals surface area contributed by atoms with Crippen LogP contribution in [0.15, 0.2) is 18.2 Å². The molecule has 2 N–H and O–H groups in total. The molecule has 1 aromatic rings. The van der Waals surface area contributed by atoms with Crippen LogP contribution in [0.1, 0.15) is 110 Å². The van der Waals surface area contributed by atoms with E-state index in [2.05, 4.69) is 24.5 Å². The van der Waals surface area contributed by atoms with E-state index in [4.69, 9.17) is 4.74 Å². The highest BCUT2D eigenvalue weighted by Gasteiger charge is 2.36. The number of hydrogen-bond donors (Lipinski definition) is 2. The predicted octanol–water partition coefficient (Wildman–Crippen LogP) is 6.22. The van der Waals surface area contributed by atoms with Crippen molar-refractivity contribution in [2.75, 3.05) is 13.1 Å². The summed E-state index contributed by atoms with van der Waals surface area (Å²) in [5.41, 5.74) is 2.19.